The maximum Gasteiger partial charge on any atom is 0.317 e. The summed E-state index contributed by atoms with van der Waals surface area (Å²) in [6.07, 6.45) is 3.17. The topological polar surface area (TPSA) is 66.3 Å². The molecule has 7 nitrogen and oxygen atoms in total. The molecule has 28 heavy (non-hydrogen) atoms. The first-order valence-corrected chi connectivity index (χ1v) is 9.51. The van der Waals surface area contributed by atoms with Crippen molar-refractivity contribution in [2.45, 2.75) is 13.0 Å². The Labute approximate surface area is 164 Å². The lowest BCUT2D eigenvalue weighted by Crippen LogP contribution is -2.52. The number of carbonyl (C=O) groups excluding carboxylic acids is 1. The van der Waals surface area contributed by atoms with Crippen LogP contribution in [0.15, 0.2) is 67.3 Å². The summed E-state index contributed by atoms with van der Waals surface area (Å²) in [5.41, 5.74) is 3.21. The maximum absolute atomic E-state index is 12.7. The maximum atomic E-state index is 12.7. The largest absolute Gasteiger partial charge is 0.368 e. The Kier molecular flexibility index (Phi) is 5.23. The lowest BCUT2D eigenvalue weighted by atomic mass is 10.1. The fraction of sp³-hybridized carbons (Fsp3) is 0.286. The Balaban J connectivity index is 1.31. The van der Waals surface area contributed by atoms with E-state index in [0.717, 1.165) is 37.4 Å². The van der Waals surface area contributed by atoms with Gasteiger partial charge in [0.05, 0.1) is 11.7 Å². The van der Waals surface area contributed by atoms with Crippen LogP contribution in [-0.4, -0.2) is 51.9 Å². The molecular formula is C21H24N6O. The molecule has 1 atom stereocenters. The molecule has 0 spiro atoms. The molecule has 0 radical (unpaired) electrons. The van der Waals surface area contributed by atoms with E-state index >= 15 is 0 Å². The Bertz CT molecular complexity index is 886. The van der Waals surface area contributed by atoms with Gasteiger partial charge in [-0.25, -0.2) is 14.5 Å². The average molecular weight is 376 g/mol. The zero-order chi connectivity index (χ0) is 19.3. The van der Waals surface area contributed by atoms with Crippen molar-refractivity contribution in [1.82, 2.24) is 25.0 Å². The highest BCUT2D eigenvalue weighted by Crippen LogP contribution is 2.18. The minimum Gasteiger partial charge on any atom is -0.368 e. The number of benzene rings is 2. The first-order chi connectivity index (χ1) is 13.7. The van der Waals surface area contributed by atoms with Crippen LogP contribution in [0.25, 0.3) is 5.69 Å². The highest BCUT2D eigenvalue weighted by Gasteiger charge is 2.22. The first-order valence-electron chi connectivity index (χ1n) is 9.51. The summed E-state index contributed by atoms with van der Waals surface area (Å²) in [7, 11) is 0. The number of urea groups is 1. The van der Waals surface area contributed by atoms with Gasteiger partial charge in [0.1, 0.15) is 12.7 Å². The molecule has 1 N–H and O–H groups in total. The van der Waals surface area contributed by atoms with E-state index in [0.29, 0.717) is 0 Å². The van der Waals surface area contributed by atoms with Crippen LogP contribution in [0, 0.1) is 0 Å². The van der Waals surface area contributed by atoms with Gasteiger partial charge in [-0.1, -0.05) is 30.3 Å². The van der Waals surface area contributed by atoms with Gasteiger partial charge in [-0.2, -0.15) is 5.10 Å². The molecule has 4 rings (SSSR count). The summed E-state index contributed by atoms with van der Waals surface area (Å²) in [6, 6.07) is 18.2. The molecule has 1 fully saturated rings. The molecule has 0 aliphatic carbocycles. The number of nitrogens with zero attached hydrogens (tertiary/aromatic N) is 5. The Morgan fingerprint density at radius 1 is 0.964 bits per heavy atom. The van der Waals surface area contributed by atoms with Crippen LogP contribution in [0.1, 0.15) is 18.5 Å². The molecule has 144 valence electrons. The van der Waals surface area contributed by atoms with E-state index in [-0.39, 0.29) is 12.1 Å². The number of hydrogen-bond acceptors (Lipinski definition) is 4. The summed E-state index contributed by atoms with van der Waals surface area (Å²) in [6.45, 7) is 5.14. The number of carbonyl (C=O) groups is 1. The van der Waals surface area contributed by atoms with Gasteiger partial charge in [0.2, 0.25) is 0 Å². The van der Waals surface area contributed by atoms with Gasteiger partial charge in [-0.15, -0.1) is 0 Å². The SMILES string of the molecule is CC(NC(=O)N1CCN(c2ccccc2)CC1)c1ccc(-n2cncn2)cc1. The first kappa shape index (κ1) is 18.0. The van der Waals surface area contributed by atoms with Crippen molar-refractivity contribution in [3.63, 3.8) is 0 Å². The molecule has 2 aromatic carbocycles. The van der Waals surface area contributed by atoms with Gasteiger partial charge < -0.3 is 15.1 Å². The molecule has 0 bridgehead atoms. The highest BCUT2D eigenvalue weighted by atomic mass is 16.2. The van der Waals surface area contributed by atoms with Gasteiger partial charge in [-0.05, 0) is 36.8 Å². The van der Waals surface area contributed by atoms with Gasteiger partial charge in [0, 0.05) is 31.9 Å². The molecule has 2 heterocycles. The zero-order valence-electron chi connectivity index (χ0n) is 15.9. The Morgan fingerprint density at radius 3 is 2.32 bits per heavy atom. The molecule has 2 amide bonds. The second-order valence-electron chi connectivity index (χ2n) is 6.91. The zero-order valence-corrected chi connectivity index (χ0v) is 15.9. The third-order valence-corrected chi connectivity index (χ3v) is 5.10. The molecule has 3 aromatic rings. The highest BCUT2D eigenvalue weighted by molar-refractivity contribution is 5.75. The Hall–Kier alpha value is -3.35. The van der Waals surface area contributed by atoms with E-state index in [9.17, 15) is 4.79 Å². The van der Waals surface area contributed by atoms with E-state index in [4.69, 9.17) is 0 Å². The number of anilines is 1. The van der Waals surface area contributed by atoms with Crippen LogP contribution < -0.4 is 10.2 Å². The summed E-state index contributed by atoms with van der Waals surface area (Å²) >= 11 is 0. The van der Waals surface area contributed by atoms with E-state index in [1.54, 1.807) is 11.0 Å². The molecule has 1 aromatic heterocycles. The fourth-order valence-electron chi connectivity index (χ4n) is 3.42. The van der Waals surface area contributed by atoms with Crippen molar-refractivity contribution in [2.75, 3.05) is 31.1 Å². The third-order valence-electron chi connectivity index (χ3n) is 5.10. The smallest absolute Gasteiger partial charge is 0.317 e. The Morgan fingerprint density at radius 2 is 1.68 bits per heavy atom. The quantitative estimate of drug-likeness (QED) is 0.760. The molecule has 1 saturated heterocycles. The average Bonchev–Trinajstić information content (AvgIpc) is 3.29. The molecule has 7 heteroatoms. The van der Waals surface area contributed by atoms with Gasteiger partial charge in [0.15, 0.2) is 0 Å². The number of amides is 2. The van der Waals surface area contributed by atoms with Crippen molar-refractivity contribution < 1.29 is 4.79 Å². The van der Waals surface area contributed by atoms with Crippen LogP contribution >= 0.6 is 0 Å². The molecular weight excluding hydrogens is 352 g/mol. The normalized spacial score (nSPS) is 15.3. The van der Waals surface area contributed by atoms with Crippen molar-refractivity contribution in [3.05, 3.63) is 72.8 Å². The minimum atomic E-state index is -0.0653. The lowest BCUT2D eigenvalue weighted by molar-refractivity contribution is 0.191. The monoisotopic (exact) mass is 376 g/mol. The molecule has 1 unspecified atom stereocenters. The summed E-state index contributed by atoms with van der Waals surface area (Å²) < 4.78 is 1.71. The predicted octanol–water partition coefficient (Wildman–Crippen LogP) is 2.86. The minimum absolute atomic E-state index is 0.0134. The van der Waals surface area contributed by atoms with Crippen LogP contribution in [0.3, 0.4) is 0 Å². The van der Waals surface area contributed by atoms with Gasteiger partial charge in [0.25, 0.3) is 0 Å². The second-order valence-corrected chi connectivity index (χ2v) is 6.91. The van der Waals surface area contributed by atoms with Crippen molar-refractivity contribution >= 4 is 11.7 Å². The van der Waals surface area contributed by atoms with Crippen LogP contribution in [0.4, 0.5) is 10.5 Å². The van der Waals surface area contributed by atoms with E-state index in [1.165, 1.54) is 12.0 Å². The van der Waals surface area contributed by atoms with Crippen LogP contribution in [-0.2, 0) is 0 Å². The third kappa shape index (κ3) is 3.98. The van der Waals surface area contributed by atoms with Crippen LogP contribution in [0.2, 0.25) is 0 Å². The number of rotatable bonds is 4. The number of piperazine rings is 1. The van der Waals surface area contributed by atoms with Crippen molar-refractivity contribution in [1.29, 1.82) is 0 Å². The second kappa shape index (κ2) is 8.12. The number of aromatic nitrogens is 3. The number of hydrogen-bond donors (Lipinski definition) is 1. The van der Waals surface area contributed by atoms with Crippen molar-refractivity contribution in [2.24, 2.45) is 0 Å². The van der Waals surface area contributed by atoms with Crippen molar-refractivity contribution in [3.8, 4) is 5.69 Å². The standard InChI is InChI=1S/C21H24N6O/c1-17(18-7-9-20(10-8-18)27-16-22-15-23-27)24-21(28)26-13-11-25(12-14-26)19-5-3-2-4-6-19/h2-10,15-17H,11-14H2,1H3,(H,24,28). The van der Waals surface area contributed by atoms with E-state index < -0.39 is 0 Å². The van der Waals surface area contributed by atoms with Crippen LogP contribution in [0.5, 0.6) is 0 Å². The van der Waals surface area contributed by atoms with Gasteiger partial charge >= 0.3 is 6.03 Å². The summed E-state index contributed by atoms with van der Waals surface area (Å²) in [5, 5.41) is 7.23. The van der Waals surface area contributed by atoms with Gasteiger partial charge in [-0.3, -0.25) is 0 Å². The van der Waals surface area contributed by atoms with E-state index in [2.05, 4.69) is 32.4 Å². The van der Waals surface area contributed by atoms with E-state index in [1.807, 2.05) is 54.3 Å². The predicted molar refractivity (Wildman–Crippen MR) is 109 cm³/mol. The summed E-state index contributed by atoms with van der Waals surface area (Å²) in [4.78, 5) is 20.8. The number of para-hydroxylation sites is 1. The molecule has 0 saturated carbocycles. The number of nitrogens with one attached hydrogen (secondary N) is 1. The summed E-state index contributed by atoms with van der Waals surface area (Å²) in [5.74, 6) is 0. The molecule has 1 aliphatic heterocycles. The lowest BCUT2D eigenvalue weighted by Gasteiger charge is -2.36. The molecule has 1 aliphatic rings. The fourth-order valence-corrected chi connectivity index (χ4v) is 3.42.